The number of nitrogens with two attached hydrogens (primary N) is 1. The molecule has 1 saturated heterocycles. The molecule has 0 aliphatic carbocycles. The van der Waals surface area contributed by atoms with Crippen molar-refractivity contribution >= 4 is 11.9 Å². The van der Waals surface area contributed by atoms with E-state index in [9.17, 15) is 9.59 Å². The van der Waals surface area contributed by atoms with Crippen LogP contribution in [-0.2, 0) is 9.59 Å². The number of hydrogen-bond donors (Lipinski definition) is 2. The van der Waals surface area contributed by atoms with Gasteiger partial charge in [0.1, 0.15) is 0 Å². The summed E-state index contributed by atoms with van der Waals surface area (Å²) in [5, 5.41) is 8.85. The first-order valence-corrected chi connectivity index (χ1v) is 4.70. The Hall–Kier alpha value is -1.10. The van der Waals surface area contributed by atoms with Crippen molar-refractivity contribution in [1.29, 1.82) is 0 Å². The van der Waals surface area contributed by atoms with Gasteiger partial charge in [0.15, 0.2) is 0 Å². The highest BCUT2D eigenvalue weighted by Crippen LogP contribution is 2.23. The van der Waals surface area contributed by atoms with Crippen molar-refractivity contribution in [2.45, 2.75) is 19.9 Å². The first kappa shape index (κ1) is 11.0. The molecule has 3 atom stereocenters. The van der Waals surface area contributed by atoms with Crippen molar-refractivity contribution < 1.29 is 14.7 Å². The Balaban J connectivity index is 2.63. The molecule has 2 unspecified atom stereocenters. The summed E-state index contributed by atoms with van der Waals surface area (Å²) in [6.45, 7) is 4.24. The van der Waals surface area contributed by atoms with E-state index in [0.29, 0.717) is 6.54 Å². The molecule has 1 aliphatic heterocycles. The van der Waals surface area contributed by atoms with E-state index in [4.69, 9.17) is 10.8 Å². The Kier molecular flexibility index (Phi) is 3.10. The van der Waals surface area contributed by atoms with E-state index < -0.39 is 17.9 Å². The minimum atomic E-state index is -0.836. The van der Waals surface area contributed by atoms with Crippen LogP contribution in [0, 0.1) is 11.8 Å². The van der Waals surface area contributed by atoms with Gasteiger partial charge in [0.2, 0.25) is 5.91 Å². The quantitative estimate of drug-likeness (QED) is 0.630. The molecule has 0 aromatic heterocycles. The van der Waals surface area contributed by atoms with Gasteiger partial charge in [-0.25, -0.2) is 0 Å². The number of likely N-dealkylation sites (tertiary alicyclic amines) is 1. The van der Waals surface area contributed by atoms with Crippen LogP contribution in [0.3, 0.4) is 0 Å². The van der Waals surface area contributed by atoms with Gasteiger partial charge in [-0.15, -0.1) is 0 Å². The molecule has 0 radical (unpaired) electrons. The first-order chi connectivity index (χ1) is 6.43. The summed E-state index contributed by atoms with van der Waals surface area (Å²) in [5.74, 6) is -1.44. The zero-order chi connectivity index (χ0) is 10.9. The Labute approximate surface area is 82.9 Å². The molecule has 0 bridgehead atoms. The van der Waals surface area contributed by atoms with Crippen LogP contribution >= 0.6 is 0 Å². The average Bonchev–Trinajstić information content (AvgIpc) is 2.45. The second-order valence-corrected chi connectivity index (χ2v) is 3.95. The van der Waals surface area contributed by atoms with Crippen molar-refractivity contribution in [3.8, 4) is 0 Å². The number of carboxylic acid groups (broad SMARTS) is 1. The van der Waals surface area contributed by atoms with E-state index in [-0.39, 0.29) is 18.4 Å². The van der Waals surface area contributed by atoms with Crippen LogP contribution in [-0.4, -0.2) is 41.0 Å². The summed E-state index contributed by atoms with van der Waals surface area (Å²) in [6.07, 6.45) is 0. The first-order valence-electron chi connectivity index (χ1n) is 4.70. The number of hydrogen-bond acceptors (Lipinski definition) is 3. The molecule has 1 fully saturated rings. The van der Waals surface area contributed by atoms with Gasteiger partial charge in [0.05, 0.1) is 12.0 Å². The average molecular weight is 200 g/mol. The van der Waals surface area contributed by atoms with Crippen LogP contribution in [0.5, 0.6) is 0 Å². The van der Waals surface area contributed by atoms with Crippen molar-refractivity contribution in [2.75, 3.05) is 13.1 Å². The Morgan fingerprint density at radius 3 is 2.43 bits per heavy atom. The van der Waals surface area contributed by atoms with E-state index in [2.05, 4.69) is 0 Å². The summed E-state index contributed by atoms with van der Waals surface area (Å²) in [5.41, 5.74) is 5.44. The van der Waals surface area contributed by atoms with E-state index in [0.717, 1.165) is 0 Å². The number of rotatable bonds is 2. The molecular formula is C9H16N2O3. The molecule has 5 nitrogen and oxygen atoms in total. The van der Waals surface area contributed by atoms with Crippen LogP contribution < -0.4 is 5.73 Å². The lowest BCUT2D eigenvalue weighted by Crippen LogP contribution is -2.41. The van der Waals surface area contributed by atoms with Crippen molar-refractivity contribution in [3.63, 3.8) is 0 Å². The molecule has 1 aliphatic rings. The van der Waals surface area contributed by atoms with Gasteiger partial charge in [-0.3, -0.25) is 9.59 Å². The lowest BCUT2D eigenvalue weighted by molar-refractivity contribution is -0.142. The highest BCUT2D eigenvalue weighted by Gasteiger charge is 2.37. The Morgan fingerprint density at radius 1 is 1.50 bits per heavy atom. The third kappa shape index (κ3) is 2.04. The zero-order valence-corrected chi connectivity index (χ0v) is 8.43. The van der Waals surface area contributed by atoms with Crippen molar-refractivity contribution in [1.82, 2.24) is 4.90 Å². The lowest BCUT2D eigenvalue weighted by Gasteiger charge is -2.17. The minimum Gasteiger partial charge on any atom is -0.481 e. The third-order valence-electron chi connectivity index (χ3n) is 2.63. The highest BCUT2D eigenvalue weighted by atomic mass is 16.4. The van der Waals surface area contributed by atoms with Gasteiger partial charge in [-0.2, -0.15) is 0 Å². The topological polar surface area (TPSA) is 83.6 Å². The fraction of sp³-hybridized carbons (Fsp3) is 0.778. The molecule has 5 heteroatoms. The normalized spacial score (nSPS) is 28.9. The molecule has 3 N–H and O–H groups in total. The van der Waals surface area contributed by atoms with Crippen LogP contribution in [0.1, 0.15) is 13.8 Å². The van der Waals surface area contributed by atoms with E-state index in [1.807, 2.05) is 6.92 Å². The lowest BCUT2D eigenvalue weighted by atomic mass is 9.99. The molecule has 1 heterocycles. The standard InChI is InChI=1S/C9H16N2O3/c1-5-3-11(8(12)6(2)10)4-7(5)9(13)14/h5-7H,3-4,10H2,1-2H3,(H,13,14)/t5?,6-,7?/m0/s1. The molecule has 0 aromatic carbocycles. The van der Waals surface area contributed by atoms with E-state index in [1.54, 1.807) is 6.92 Å². The predicted octanol–water partition coefficient (Wildman–Crippen LogP) is -0.487. The highest BCUT2D eigenvalue weighted by molar-refractivity contribution is 5.82. The van der Waals surface area contributed by atoms with Crippen LogP contribution in [0.15, 0.2) is 0 Å². The van der Waals surface area contributed by atoms with Gasteiger partial charge in [-0.05, 0) is 12.8 Å². The SMILES string of the molecule is CC1CN(C(=O)[C@H](C)N)CC1C(=O)O. The van der Waals surface area contributed by atoms with Crippen LogP contribution in [0.4, 0.5) is 0 Å². The van der Waals surface area contributed by atoms with Gasteiger partial charge < -0.3 is 15.7 Å². The third-order valence-corrected chi connectivity index (χ3v) is 2.63. The maximum absolute atomic E-state index is 11.5. The fourth-order valence-corrected chi connectivity index (χ4v) is 1.76. The summed E-state index contributed by atoms with van der Waals surface area (Å²) in [4.78, 5) is 23.8. The van der Waals surface area contributed by atoms with Gasteiger partial charge in [-0.1, -0.05) is 6.92 Å². The zero-order valence-electron chi connectivity index (χ0n) is 8.43. The van der Waals surface area contributed by atoms with Crippen molar-refractivity contribution in [3.05, 3.63) is 0 Å². The van der Waals surface area contributed by atoms with E-state index >= 15 is 0 Å². The van der Waals surface area contributed by atoms with Gasteiger partial charge in [0.25, 0.3) is 0 Å². The Bertz CT molecular complexity index is 252. The summed E-state index contributed by atoms with van der Waals surface area (Å²) in [7, 11) is 0. The van der Waals surface area contributed by atoms with Gasteiger partial charge in [0, 0.05) is 13.1 Å². The number of carboxylic acids is 1. The number of aliphatic carboxylic acids is 1. The Morgan fingerprint density at radius 2 is 2.07 bits per heavy atom. The molecule has 80 valence electrons. The second kappa shape index (κ2) is 3.96. The largest absolute Gasteiger partial charge is 0.481 e. The second-order valence-electron chi connectivity index (χ2n) is 3.95. The number of carbonyl (C=O) groups excluding carboxylic acids is 1. The minimum absolute atomic E-state index is 0.00944. The number of nitrogens with zero attached hydrogens (tertiary/aromatic N) is 1. The molecule has 1 rings (SSSR count). The van der Waals surface area contributed by atoms with Crippen molar-refractivity contribution in [2.24, 2.45) is 17.6 Å². The molecule has 0 aromatic rings. The summed E-state index contributed by atoms with van der Waals surface area (Å²) in [6, 6.07) is -0.547. The summed E-state index contributed by atoms with van der Waals surface area (Å²) < 4.78 is 0. The smallest absolute Gasteiger partial charge is 0.308 e. The monoisotopic (exact) mass is 200 g/mol. The fourth-order valence-electron chi connectivity index (χ4n) is 1.76. The van der Waals surface area contributed by atoms with E-state index in [1.165, 1.54) is 4.90 Å². The molecular weight excluding hydrogens is 184 g/mol. The predicted molar refractivity (Wildman–Crippen MR) is 50.5 cm³/mol. The van der Waals surface area contributed by atoms with Crippen LogP contribution in [0.2, 0.25) is 0 Å². The van der Waals surface area contributed by atoms with Gasteiger partial charge >= 0.3 is 5.97 Å². The molecule has 0 spiro atoms. The molecule has 14 heavy (non-hydrogen) atoms. The number of amides is 1. The molecule has 0 saturated carbocycles. The summed E-state index contributed by atoms with van der Waals surface area (Å²) >= 11 is 0. The molecule has 1 amide bonds. The maximum Gasteiger partial charge on any atom is 0.308 e. The maximum atomic E-state index is 11.5. The number of carbonyl (C=O) groups is 2. The van der Waals surface area contributed by atoms with Crippen LogP contribution in [0.25, 0.3) is 0 Å².